The minimum Gasteiger partial charge on any atom is -0.497 e. The highest BCUT2D eigenvalue weighted by Gasteiger charge is 2.28. The van der Waals surface area contributed by atoms with Crippen molar-refractivity contribution in [3.63, 3.8) is 0 Å². The van der Waals surface area contributed by atoms with Gasteiger partial charge in [-0.3, -0.25) is 4.79 Å². The van der Waals surface area contributed by atoms with E-state index in [9.17, 15) is 4.79 Å². The molecule has 0 saturated carbocycles. The van der Waals surface area contributed by atoms with Crippen LogP contribution in [0.4, 0.5) is 0 Å². The fourth-order valence-corrected chi connectivity index (χ4v) is 2.77. The summed E-state index contributed by atoms with van der Waals surface area (Å²) in [4.78, 5) is 14.5. The van der Waals surface area contributed by atoms with Gasteiger partial charge in [-0.15, -0.1) is 0 Å². The van der Waals surface area contributed by atoms with Gasteiger partial charge >= 0.3 is 0 Å². The lowest BCUT2D eigenvalue weighted by atomic mass is 10.1. The van der Waals surface area contributed by atoms with Gasteiger partial charge in [0.25, 0.3) is 5.91 Å². The molecule has 2 rings (SSSR count). The van der Waals surface area contributed by atoms with Crippen LogP contribution in [-0.2, 0) is 4.74 Å². The molecular weight excluding hydrogens is 338 g/mol. The fourth-order valence-electron chi connectivity index (χ4n) is 2.41. The van der Waals surface area contributed by atoms with Crippen molar-refractivity contribution in [2.45, 2.75) is 19.1 Å². The predicted molar refractivity (Wildman–Crippen MR) is 83.6 cm³/mol. The van der Waals surface area contributed by atoms with Gasteiger partial charge in [-0.05, 0) is 19.1 Å². The van der Waals surface area contributed by atoms with Crippen LogP contribution >= 0.6 is 15.9 Å². The number of ether oxygens (including phenoxy) is 3. The molecule has 0 bridgehead atoms. The van der Waals surface area contributed by atoms with Gasteiger partial charge in [0.05, 0.1) is 26.4 Å². The maximum absolute atomic E-state index is 12.7. The van der Waals surface area contributed by atoms with Gasteiger partial charge in [-0.25, -0.2) is 0 Å². The summed E-state index contributed by atoms with van der Waals surface area (Å²) in [6.07, 6.45) is 0.0444. The molecule has 0 radical (unpaired) electrons. The predicted octanol–water partition coefficient (Wildman–Crippen LogP) is 2.33. The number of nitrogens with zero attached hydrogens (tertiary/aromatic N) is 1. The Balaban J connectivity index is 2.22. The highest BCUT2D eigenvalue weighted by atomic mass is 79.9. The van der Waals surface area contributed by atoms with Gasteiger partial charge in [-0.2, -0.15) is 0 Å². The molecule has 1 aliphatic heterocycles. The van der Waals surface area contributed by atoms with Crippen molar-refractivity contribution in [2.75, 3.05) is 32.6 Å². The van der Waals surface area contributed by atoms with Crippen LogP contribution in [0.1, 0.15) is 17.3 Å². The second-order valence-electron chi connectivity index (χ2n) is 5.03. The number of methoxy groups -OCH3 is 2. The van der Waals surface area contributed by atoms with E-state index in [4.69, 9.17) is 14.2 Å². The lowest BCUT2D eigenvalue weighted by Crippen LogP contribution is -2.49. The number of morpholine rings is 1. The molecule has 1 heterocycles. The van der Waals surface area contributed by atoms with E-state index in [2.05, 4.69) is 15.9 Å². The summed E-state index contributed by atoms with van der Waals surface area (Å²) < 4.78 is 16.2. The summed E-state index contributed by atoms with van der Waals surface area (Å²) in [6, 6.07) is 5.21. The van der Waals surface area contributed by atoms with E-state index in [-0.39, 0.29) is 18.1 Å². The molecule has 1 aromatic carbocycles. The highest BCUT2D eigenvalue weighted by Crippen LogP contribution is 2.24. The third-order valence-corrected chi connectivity index (χ3v) is 4.11. The number of rotatable bonds is 4. The van der Waals surface area contributed by atoms with Gasteiger partial charge < -0.3 is 19.1 Å². The highest BCUT2D eigenvalue weighted by molar-refractivity contribution is 9.09. The first-order valence-corrected chi connectivity index (χ1v) is 7.93. The van der Waals surface area contributed by atoms with Crippen molar-refractivity contribution < 1.29 is 19.0 Å². The Hall–Kier alpha value is -1.27. The summed E-state index contributed by atoms with van der Waals surface area (Å²) >= 11 is 3.41. The van der Waals surface area contributed by atoms with E-state index in [1.54, 1.807) is 32.4 Å². The fraction of sp³-hybridized carbons (Fsp3) is 0.533. The minimum absolute atomic E-state index is 0.0187. The number of hydrogen-bond acceptors (Lipinski definition) is 4. The molecule has 2 unspecified atom stereocenters. The molecule has 5 nitrogen and oxygen atoms in total. The van der Waals surface area contributed by atoms with Gasteiger partial charge in [0.15, 0.2) is 0 Å². The Labute approximate surface area is 133 Å². The zero-order chi connectivity index (χ0) is 15.4. The van der Waals surface area contributed by atoms with Gasteiger partial charge in [0, 0.05) is 30.0 Å². The summed E-state index contributed by atoms with van der Waals surface area (Å²) in [6.45, 7) is 3.14. The van der Waals surface area contributed by atoms with E-state index in [1.165, 1.54) is 0 Å². The summed E-state index contributed by atoms with van der Waals surface area (Å²) in [5.74, 6) is 1.18. The van der Waals surface area contributed by atoms with Crippen LogP contribution in [0, 0.1) is 0 Å². The van der Waals surface area contributed by atoms with Crippen LogP contribution in [0.15, 0.2) is 18.2 Å². The maximum atomic E-state index is 12.7. The average Bonchev–Trinajstić information content (AvgIpc) is 2.52. The van der Waals surface area contributed by atoms with Crippen LogP contribution in [0.5, 0.6) is 11.5 Å². The van der Waals surface area contributed by atoms with Crippen LogP contribution in [0.3, 0.4) is 0 Å². The molecule has 21 heavy (non-hydrogen) atoms. The Morgan fingerprint density at radius 1 is 1.29 bits per heavy atom. The molecule has 116 valence electrons. The topological polar surface area (TPSA) is 48.0 Å². The van der Waals surface area contributed by atoms with Crippen LogP contribution in [0.2, 0.25) is 0 Å². The maximum Gasteiger partial charge on any atom is 0.254 e. The van der Waals surface area contributed by atoms with Crippen molar-refractivity contribution in [3.8, 4) is 11.5 Å². The first-order chi connectivity index (χ1) is 10.1. The zero-order valence-corrected chi connectivity index (χ0v) is 14.1. The zero-order valence-electron chi connectivity index (χ0n) is 12.5. The second kappa shape index (κ2) is 7.13. The van der Waals surface area contributed by atoms with Crippen LogP contribution in [0.25, 0.3) is 0 Å². The third-order valence-electron chi connectivity index (χ3n) is 3.38. The van der Waals surface area contributed by atoms with E-state index in [0.717, 1.165) is 0 Å². The lowest BCUT2D eigenvalue weighted by Gasteiger charge is -2.36. The average molecular weight is 358 g/mol. The molecule has 0 spiro atoms. The molecule has 0 N–H and O–H groups in total. The van der Waals surface area contributed by atoms with Crippen LogP contribution in [-0.4, -0.2) is 55.7 Å². The molecule has 0 aliphatic carbocycles. The Morgan fingerprint density at radius 2 is 1.90 bits per heavy atom. The molecule has 6 heteroatoms. The summed E-state index contributed by atoms with van der Waals surface area (Å²) in [5.41, 5.74) is 0.564. The number of amides is 1. The molecule has 2 atom stereocenters. The number of carbonyl (C=O) groups is 1. The number of alkyl halides is 1. The number of benzene rings is 1. The summed E-state index contributed by atoms with van der Waals surface area (Å²) in [7, 11) is 3.14. The van der Waals surface area contributed by atoms with E-state index in [1.807, 2.05) is 11.8 Å². The monoisotopic (exact) mass is 357 g/mol. The molecule has 1 fully saturated rings. The van der Waals surface area contributed by atoms with E-state index < -0.39 is 0 Å². The lowest BCUT2D eigenvalue weighted by molar-refractivity contribution is -0.0559. The Kier molecular flexibility index (Phi) is 5.47. The van der Waals surface area contributed by atoms with Crippen LogP contribution < -0.4 is 9.47 Å². The Morgan fingerprint density at radius 3 is 2.43 bits per heavy atom. The molecule has 0 aromatic heterocycles. The largest absolute Gasteiger partial charge is 0.497 e. The molecule has 1 amide bonds. The number of halogens is 1. The first-order valence-electron chi connectivity index (χ1n) is 6.81. The summed E-state index contributed by atoms with van der Waals surface area (Å²) in [5, 5.41) is 0.711. The normalized spacial score (nSPS) is 22.0. The molecule has 1 aromatic rings. The van der Waals surface area contributed by atoms with Gasteiger partial charge in [-0.1, -0.05) is 15.9 Å². The van der Waals surface area contributed by atoms with E-state index in [0.29, 0.717) is 35.5 Å². The van der Waals surface area contributed by atoms with Gasteiger partial charge in [0.2, 0.25) is 0 Å². The molecule has 1 saturated heterocycles. The Bertz CT molecular complexity index is 486. The van der Waals surface area contributed by atoms with Crippen molar-refractivity contribution in [1.29, 1.82) is 0 Å². The van der Waals surface area contributed by atoms with Crippen molar-refractivity contribution in [3.05, 3.63) is 23.8 Å². The first kappa shape index (κ1) is 16.1. The van der Waals surface area contributed by atoms with Crippen molar-refractivity contribution in [2.24, 2.45) is 0 Å². The quantitative estimate of drug-likeness (QED) is 0.776. The molecular formula is C15H20BrNO4. The van der Waals surface area contributed by atoms with Crippen molar-refractivity contribution >= 4 is 21.8 Å². The number of hydrogen-bond donors (Lipinski definition) is 0. The minimum atomic E-state index is -0.0340. The SMILES string of the molecule is COc1cc(OC)cc(C(=O)N2CC(C)OC(CBr)C2)c1. The van der Waals surface area contributed by atoms with Crippen molar-refractivity contribution in [1.82, 2.24) is 4.90 Å². The molecule has 1 aliphatic rings. The standard InChI is InChI=1S/C15H20BrNO4/c1-10-8-17(9-14(7-16)21-10)15(18)11-4-12(19-2)6-13(5-11)20-3/h4-6,10,14H,7-9H2,1-3H3. The second-order valence-corrected chi connectivity index (χ2v) is 5.68. The smallest absolute Gasteiger partial charge is 0.254 e. The number of carbonyl (C=O) groups excluding carboxylic acids is 1. The van der Waals surface area contributed by atoms with Gasteiger partial charge in [0.1, 0.15) is 11.5 Å². The third kappa shape index (κ3) is 3.89. The van der Waals surface area contributed by atoms with E-state index >= 15 is 0 Å².